The maximum Gasteiger partial charge on any atom is 0.407 e. The molecule has 14 nitrogen and oxygen atoms in total. The van der Waals surface area contributed by atoms with Crippen LogP contribution in [0.25, 0.3) is 10.9 Å². The van der Waals surface area contributed by atoms with Gasteiger partial charge in [0.1, 0.15) is 34.7 Å². The van der Waals surface area contributed by atoms with E-state index in [1.54, 1.807) is 12.0 Å². The molecule has 1 spiro atoms. The predicted molar refractivity (Wildman–Crippen MR) is 220 cm³/mol. The van der Waals surface area contributed by atoms with Crippen LogP contribution in [0.2, 0.25) is 0 Å². The number of rotatable bonds is 8. The maximum atomic E-state index is 15.3. The summed E-state index contributed by atoms with van der Waals surface area (Å²) in [4.78, 5) is 64.3. The van der Waals surface area contributed by atoms with E-state index >= 15 is 4.79 Å². The van der Waals surface area contributed by atoms with Crippen molar-refractivity contribution in [1.82, 2.24) is 25.2 Å². The standard InChI is InChI=1S/C44H61N5O9S/c1-5-28-23-44(28,40(52)48-59(54,55)30-15-16-30)47-38(50)35-24-43-21-18-31-32-22-29(56-4)14-17-33(32)45-34(36(31)58-43)13-9-6-8-12-27(2)25-57-41(53)46-37(39(51)49(35)26-43)42(3)19-10-7-11-20-42/h14,17,22,27-28,30,35,37H,5-13,15-16,18-21,23-26H2,1-4H3,(H,46,53)(H,47,50)(H,48,52). The van der Waals surface area contributed by atoms with Crippen LogP contribution in [0.15, 0.2) is 18.2 Å². The second-order valence-electron chi connectivity index (χ2n) is 18.8. The third-order valence-electron chi connectivity index (χ3n) is 14.3. The Labute approximate surface area is 347 Å². The van der Waals surface area contributed by atoms with Crippen molar-refractivity contribution in [2.75, 3.05) is 20.3 Å². The first-order valence-corrected chi connectivity index (χ1v) is 23.5. The summed E-state index contributed by atoms with van der Waals surface area (Å²) >= 11 is 0. The van der Waals surface area contributed by atoms with Crippen molar-refractivity contribution in [3.63, 3.8) is 0 Å². The molecular formula is C44H61N5O9S. The Kier molecular flexibility index (Phi) is 11.3. The molecule has 3 N–H and O–H groups in total. The molecule has 6 atom stereocenters. The fraction of sp³-hybridized carbons (Fsp3) is 0.705. The Morgan fingerprint density at radius 3 is 2.49 bits per heavy atom. The van der Waals surface area contributed by atoms with Crippen molar-refractivity contribution in [2.24, 2.45) is 17.3 Å². The molecule has 1 aromatic heterocycles. The fourth-order valence-corrected chi connectivity index (χ4v) is 11.7. The Morgan fingerprint density at radius 2 is 1.78 bits per heavy atom. The van der Waals surface area contributed by atoms with Crippen LogP contribution in [0.5, 0.6) is 11.5 Å². The van der Waals surface area contributed by atoms with Crippen molar-refractivity contribution in [3.8, 4) is 11.5 Å². The maximum absolute atomic E-state index is 15.3. The molecule has 322 valence electrons. The summed E-state index contributed by atoms with van der Waals surface area (Å²) in [5.74, 6) is -0.434. The number of sulfonamides is 1. The fourth-order valence-electron chi connectivity index (χ4n) is 10.4. The molecule has 4 amide bonds. The summed E-state index contributed by atoms with van der Waals surface area (Å²) in [6.45, 7) is 6.29. The highest BCUT2D eigenvalue weighted by Crippen LogP contribution is 2.49. The summed E-state index contributed by atoms with van der Waals surface area (Å²) in [6, 6.07) is 3.82. The number of carbonyl (C=O) groups is 4. The van der Waals surface area contributed by atoms with Crippen molar-refractivity contribution >= 4 is 44.7 Å². The number of pyridine rings is 1. The number of nitrogens with zero attached hydrogens (tertiary/aromatic N) is 2. The van der Waals surface area contributed by atoms with Crippen LogP contribution >= 0.6 is 0 Å². The summed E-state index contributed by atoms with van der Waals surface area (Å²) in [5, 5.41) is 6.32. The molecule has 4 fully saturated rings. The Hall–Kier alpha value is -4.14. The highest BCUT2D eigenvalue weighted by atomic mass is 32.2. The quantitative estimate of drug-likeness (QED) is 0.302. The average Bonchev–Trinajstić information content (AvgIpc) is 4.15. The number of carbonyl (C=O) groups excluding carboxylic acids is 4. The van der Waals surface area contributed by atoms with E-state index in [1.807, 2.05) is 32.0 Å². The van der Waals surface area contributed by atoms with E-state index in [0.717, 1.165) is 67.1 Å². The highest BCUT2D eigenvalue weighted by Gasteiger charge is 2.63. The monoisotopic (exact) mass is 835 g/mol. The van der Waals surface area contributed by atoms with Gasteiger partial charge < -0.3 is 29.7 Å². The lowest BCUT2D eigenvalue weighted by atomic mass is 9.70. The van der Waals surface area contributed by atoms with Crippen LogP contribution in [0.3, 0.4) is 0 Å². The average molecular weight is 836 g/mol. The van der Waals surface area contributed by atoms with E-state index in [4.69, 9.17) is 19.2 Å². The molecule has 6 unspecified atom stereocenters. The molecule has 4 heterocycles. The Balaban J connectivity index is 1.19. The van der Waals surface area contributed by atoms with Gasteiger partial charge in [-0.3, -0.25) is 19.1 Å². The van der Waals surface area contributed by atoms with Crippen LogP contribution in [0.4, 0.5) is 4.79 Å². The largest absolute Gasteiger partial charge is 0.497 e. The van der Waals surface area contributed by atoms with E-state index < -0.39 is 67.7 Å². The number of hydrogen-bond donors (Lipinski definition) is 3. The number of amides is 4. The van der Waals surface area contributed by atoms with E-state index in [-0.39, 0.29) is 37.8 Å². The van der Waals surface area contributed by atoms with Gasteiger partial charge in [-0.1, -0.05) is 59.3 Å². The third kappa shape index (κ3) is 8.21. The minimum Gasteiger partial charge on any atom is -0.497 e. The lowest BCUT2D eigenvalue weighted by Gasteiger charge is -2.42. The lowest BCUT2D eigenvalue weighted by molar-refractivity contribution is -0.144. The van der Waals surface area contributed by atoms with Crippen LogP contribution in [0, 0.1) is 17.3 Å². The first kappa shape index (κ1) is 41.6. The molecule has 1 aromatic carbocycles. The van der Waals surface area contributed by atoms with Gasteiger partial charge in [-0.15, -0.1) is 0 Å². The number of nitrogens with one attached hydrogen (secondary N) is 3. The van der Waals surface area contributed by atoms with Gasteiger partial charge >= 0.3 is 6.09 Å². The van der Waals surface area contributed by atoms with Crippen molar-refractivity contribution < 1.29 is 41.8 Å². The zero-order chi connectivity index (χ0) is 41.7. The van der Waals surface area contributed by atoms with Crippen molar-refractivity contribution in [3.05, 3.63) is 29.5 Å². The van der Waals surface area contributed by atoms with E-state index in [9.17, 15) is 22.8 Å². The Bertz CT molecular complexity index is 2100. The molecular weight excluding hydrogens is 775 g/mol. The van der Waals surface area contributed by atoms with E-state index in [0.29, 0.717) is 62.9 Å². The van der Waals surface area contributed by atoms with Gasteiger partial charge in [0.15, 0.2) is 0 Å². The van der Waals surface area contributed by atoms with Gasteiger partial charge in [-0.2, -0.15) is 0 Å². The number of aromatic nitrogens is 1. The highest BCUT2D eigenvalue weighted by molar-refractivity contribution is 7.91. The second-order valence-corrected chi connectivity index (χ2v) is 20.7. The van der Waals surface area contributed by atoms with Gasteiger partial charge in [0.2, 0.25) is 21.8 Å². The minimum absolute atomic E-state index is 0.0752. The molecule has 8 rings (SSSR count). The van der Waals surface area contributed by atoms with E-state index in [1.165, 1.54) is 0 Å². The summed E-state index contributed by atoms with van der Waals surface area (Å²) < 4.78 is 46.7. The minimum atomic E-state index is -3.87. The van der Waals surface area contributed by atoms with Gasteiger partial charge in [0.25, 0.3) is 5.91 Å². The van der Waals surface area contributed by atoms with Crippen LogP contribution < -0.4 is 24.8 Å². The van der Waals surface area contributed by atoms with Gasteiger partial charge in [-0.25, -0.2) is 18.2 Å². The first-order valence-electron chi connectivity index (χ1n) is 22.0. The number of aryl methyl sites for hydroxylation is 2. The zero-order valence-electron chi connectivity index (χ0n) is 35.0. The number of benzene rings is 1. The molecule has 2 aromatic rings. The van der Waals surface area contributed by atoms with Crippen LogP contribution in [-0.4, -0.2) is 90.9 Å². The molecule has 3 aliphatic heterocycles. The predicted octanol–water partition coefficient (Wildman–Crippen LogP) is 5.62. The van der Waals surface area contributed by atoms with Gasteiger partial charge in [0.05, 0.1) is 36.7 Å². The zero-order valence-corrected chi connectivity index (χ0v) is 35.8. The SMILES string of the molecule is CCC1CC1(NC(=O)C1CC23CCc4c(c(nc5ccc(OC)cc45)CCCCCC(C)COC(=O)NC(C4(C)CCCCC4)C(=O)N1C2)O3)C(=O)NS(=O)(=O)C1CC1. The molecule has 0 radical (unpaired) electrons. The number of fused-ring (bicyclic) bond motifs is 3. The topological polar surface area (TPSA) is 182 Å². The number of ether oxygens (including phenoxy) is 3. The molecule has 59 heavy (non-hydrogen) atoms. The summed E-state index contributed by atoms with van der Waals surface area (Å²) in [7, 11) is -2.24. The second kappa shape index (κ2) is 16.0. The Morgan fingerprint density at radius 1 is 1.02 bits per heavy atom. The molecule has 1 saturated heterocycles. The smallest absolute Gasteiger partial charge is 0.407 e. The molecule has 15 heteroatoms. The summed E-state index contributed by atoms with van der Waals surface area (Å²) in [5.41, 5.74) is -0.283. The molecule has 3 bridgehead atoms. The molecule has 3 saturated carbocycles. The van der Waals surface area contributed by atoms with Gasteiger partial charge in [-0.05, 0) is 99.7 Å². The normalized spacial score (nSPS) is 31.2. The number of hydrogen-bond acceptors (Lipinski definition) is 10. The van der Waals surface area contributed by atoms with Crippen molar-refractivity contribution in [1.29, 1.82) is 0 Å². The lowest BCUT2D eigenvalue weighted by Crippen LogP contribution is -2.61. The molecule has 3 aliphatic carbocycles. The number of cyclic esters (lactones) is 1. The van der Waals surface area contributed by atoms with Gasteiger partial charge in [0, 0.05) is 17.4 Å². The molecule has 6 aliphatic rings. The summed E-state index contributed by atoms with van der Waals surface area (Å²) in [6.07, 6.45) is 11.0. The van der Waals surface area contributed by atoms with E-state index in [2.05, 4.69) is 22.3 Å². The first-order chi connectivity index (χ1) is 28.2. The third-order valence-corrected chi connectivity index (χ3v) is 16.1. The van der Waals surface area contributed by atoms with Crippen LogP contribution in [-0.2, 0) is 42.0 Å². The number of methoxy groups -OCH3 is 1. The number of alkyl carbamates (subject to hydrolysis) is 1. The van der Waals surface area contributed by atoms with Crippen LogP contribution in [0.1, 0.15) is 128 Å². The van der Waals surface area contributed by atoms with Crippen molar-refractivity contribution in [2.45, 2.75) is 158 Å².